The molecule has 1 amide bonds. The third-order valence-corrected chi connectivity index (χ3v) is 4.69. The number of carbonyl (C=O) groups excluding carboxylic acids is 1. The molecule has 0 bridgehead atoms. The second kappa shape index (κ2) is 9.26. The summed E-state index contributed by atoms with van der Waals surface area (Å²) in [5.74, 6) is -0.681. The van der Waals surface area contributed by atoms with Crippen LogP contribution < -0.4 is 25.2 Å². The normalized spacial score (nSPS) is 11.4. The van der Waals surface area contributed by atoms with Crippen molar-refractivity contribution in [2.45, 2.75) is 12.7 Å². The fourth-order valence-corrected chi connectivity index (χ4v) is 3.07. The van der Waals surface area contributed by atoms with E-state index < -0.39 is 23.6 Å². The summed E-state index contributed by atoms with van der Waals surface area (Å²) in [4.78, 5) is 24.3. The van der Waals surface area contributed by atoms with E-state index in [0.717, 1.165) is 7.05 Å². The predicted octanol–water partition coefficient (Wildman–Crippen LogP) is 1.45. The van der Waals surface area contributed by atoms with Crippen molar-refractivity contribution in [2.24, 2.45) is 7.05 Å². The molecule has 2 aromatic heterocycles. The molecule has 0 atom stereocenters. The number of aromatic nitrogens is 5. The Hall–Kier alpha value is -3.97. The summed E-state index contributed by atoms with van der Waals surface area (Å²) in [6.07, 6.45) is -4.76. The molecule has 0 saturated carbocycles. The van der Waals surface area contributed by atoms with Crippen molar-refractivity contribution in [3.63, 3.8) is 0 Å². The van der Waals surface area contributed by atoms with Crippen molar-refractivity contribution in [1.29, 1.82) is 0 Å². The monoisotopic (exact) mass is 470 g/mol. The lowest BCUT2D eigenvalue weighted by Crippen LogP contribution is -2.32. The Balaban J connectivity index is 1.71. The fourth-order valence-electron chi connectivity index (χ4n) is 3.07. The molecule has 11 nitrogen and oxygen atoms in total. The number of halogens is 3. The molecule has 3 aromatic rings. The van der Waals surface area contributed by atoms with Crippen LogP contribution in [0.4, 0.5) is 13.2 Å². The summed E-state index contributed by atoms with van der Waals surface area (Å²) < 4.78 is 55.5. The second-order valence-electron chi connectivity index (χ2n) is 6.72. The third kappa shape index (κ3) is 4.78. The molecule has 14 heteroatoms. The van der Waals surface area contributed by atoms with E-state index in [0.29, 0.717) is 37.8 Å². The molecule has 0 radical (unpaired) electrons. The van der Waals surface area contributed by atoms with E-state index in [4.69, 9.17) is 14.2 Å². The van der Waals surface area contributed by atoms with E-state index in [2.05, 4.69) is 20.6 Å². The molecule has 0 spiro atoms. The predicted molar refractivity (Wildman–Crippen MR) is 108 cm³/mol. The zero-order chi connectivity index (χ0) is 24.3. The standard InChI is InChI=1S/C19H21F3N6O5/c1-27-17(19(20,21)22)26-28(18(27)30)6-5-23-16(29)12-9-11(24-25-12)10-7-13(31-2)15(33-4)14(8-10)32-3/h7-9H,5-6H2,1-4H3,(H,23,29)(H,24,25). The number of benzene rings is 1. The van der Waals surface area contributed by atoms with Crippen LogP contribution in [0.15, 0.2) is 23.0 Å². The minimum atomic E-state index is -4.76. The van der Waals surface area contributed by atoms with E-state index in [-0.39, 0.29) is 18.8 Å². The molecule has 0 fully saturated rings. The van der Waals surface area contributed by atoms with Crippen LogP contribution in [0.25, 0.3) is 11.3 Å². The molecule has 2 heterocycles. The van der Waals surface area contributed by atoms with Gasteiger partial charge in [0.05, 0.1) is 33.6 Å². The minimum absolute atomic E-state index is 0.100. The molecular weight excluding hydrogens is 449 g/mol. The van der Waals surface area contributed by atoms with E-state index >= 15 is 0 Å². The van der Waals surface area contributed by atoms with Gasteiger partial charge in [0.15, 0.2) is 11.5 Å². The summed E-state index contributed by atoms with van der Waals surface area (Å²) in [6.45, 7) is -0.381. The highest BCUT2D eigenvalue weighted by molar-refractivity contribution is 5.93. The molecule has 2 N–H and O–H groups in total. The Labute approximate surface area is 185 Å². The Morgan fingerprint density at radius 3 is 2.27 bits per heavy atom. The topological polar surface area (TPSA) is 125 Å². The third-order valence-electron chi connectivity index (χ3n) is 4.69. The average molecular weight is 470 g/mol. The first-order valence-electron chi connectivity index (χ1n) is 9.45. The van der Waals surface area contributed by atoms with Gasteiger partial charge in [-0.2, -0.15) is 18.3 Å². The smallest absolute Gasteiger partial charge is 0.451 e. The SMILES string of the molecule is COc1cc(-c2cc(C(=O)NCCn3nc(C(F)(F)F)n(C)c3=O)[nH]n2)cc(OC)c1OC. The summed E-state index contributed by atoms with van der Waals surface area (Å²) in [7, 11) is 5.38. The number of alkyl halides is 3. The quantitative estimate of drug-likeness (QED) is 0.510. The zero-order valence-electron chi connectivity index (χ0n) is 18.1. The van der Waals surface area contributed by atoms with Gasteiger partial charge in [-0.05, 0) is 18.2 Å². The van der Waals surface area contributed by atoms with Gasteiger partial charge in [0.2, 0.25) is 11.6 Å². The van der Waals surface area contributed by atoms with Crippen molar-refractivity contribution in [3.8, 4) is 28.5 Å². The summed E-state index contributed by atoms with van der Waals surface area (Å²) in [5, 5.41) is 12.5. The number of hydrogen-bond acceptors (Lipinski definition) is 7. The molecular formula is C19H21F3N6O5. The first kappa shape index (κ1) is 23.7. The Bertz CT molecular complexity index is 1190. The molecule has 33 heavy (non-hydrogen) atoms. The van der Waals surface area contributed by atoms with Crippen LogP contribution in [0.2, 0.25) is 0 Å². The number of nitrogens with one attached hydrogen (secondary N) is 2. The van der Waals surface area contributed by atoms with Gasteiger partial charge in [-0.3, -0.25) is 14.5 Å². The number of aromatic amines is 1. The van der Waals surface area contributed by atoms with Crippen LogP contribution in [0.5, 0.6) is 17.2 Å². The molecule has 1 aromatic carbocycles. The maximum absolute atomic E-state index is 12.9. The van der Waals surface area contributed by atoms with Crippen molar-refractivity contribution < 1.29 is 32.2 Å². The highest BCUT2D eigenvalue weighted by Crippen LogP contribution is 2.40. The van der Waals surface area contributed by atoms with Crippen LogP contribution >= 0.6 is 0 Å². The molecule has 178 valence electrons. The Morgan fingerprint density at radius 2 is 1.76 bits per heavy atom. The number of ether oxygens (including phenoxy) is 3. The van der Waals surface area contributed by atoms with E-state index in [1.807, 2.05) is 0 Å². The number of methoxy groups -OCH3 is 3. The van der Waals surface area contributed by atoms with Gasteiger partial charge < -0.3 is 19.5 Å². The molecule has 3 rings (SSSR count). The van der Waals surface area contributed by atoms with E-state index in [9.17, 15) is 22.8 Å². The average Bonchev–Trinajstić information content (AvgIpc) is 3.38. The number of H-pyrrole nitrogens is 1. The maximum Gasteiger partial charge on any atom is 0.451 e. The van der Waals surface area contributed by atoms with Crippen LogP contribution in [-0.4, -0.2) is 58.3 Å². The number of nitrogens with zero attached hydrogens (tertiary/aromatic N) is 4. The van der Waals surface area contributed by atoms with Crippen molar-refractivity contribution in [1.82, 2.24) is 29.9 Å². The van der Waals surface area contributed by atoms with Crippen molar-refractivity contribution in [3.05, 3.63) is 40.2 Å². The van der Waals surface area contributed by atoms with Gasteiger partial charge in [0.25, 0.3) is 5.91 Å². The molecule has 0 aliphatic carbocycles. The van der Waals surface area contributed by atoms with Gasteiger partial charge in [0, 0.05) is 19.2 Å². The molecule has 0 unspecified atom stereocenters. The number of hydrogen-bond donors (Lipinski definition) is 2. The molecule has 0 saturated heterocycles. The van der Waals surface area contributed by atoms with Crippen molar-refractivity contribution >= 4 is 5.91 Å². The minimum Gasteiger partial charge on any atom is -0.493 e. The van der Waals surface area contributed by atoms with Gasteiger partial charge in [-0.15, -0.1) is 5.10 Å². The maximum atomic E-state index is 12.9. The number of rotatable bonds is 8. The summed E-state index contributed by atoms with van der Waals surface area (Å²) in [5.41, 5.74) is 0.153. The number of amides is 1. The highest BCUT2D eigenvalue weighted by atomic mass is 19.4. The zero-order valence-corrected chi connectivity index (χ0v) is 18.1. The lowest BCUT2D eigenvalue weighted by molar-refractivity contribution is -0.147. The fraction of sp³-hybridized carbons (Fsp3) is 0.368. The largest absolute Gasteiger partial charge is 0.493 e. The van der Waals surface area contributed by atoms with E-state index in [1.165, 1.54) is 27.4 Å². The van der Waals surface area contributed by atoms with Crippen LogP contribution in [0.1, 0.15) is 16.3 Å². The number of carbonyl (C=O) groups is 1. The molecule has 0 aliphatic rings. The van der Waals surface area contributed by atoms with Gasteiger partial charge >= 0.3 is 11.9 Å². The highest BCUT2D eigenvalue weighted by Gasteiger charge is 2.37. The van der Waals surface area contributed by atoms with Crippen molar-refractivity contribution in [2.75, 3.05) is 27.9 Å². The van der Waals surface area contributed by atoms with Crippen LogP contribution in [0.3, 0.4) is 0 Å². The molecule has 0 aliphatic heterocycles. The first-order valence-corrected chi connectivity index (χ1v) is 9.45. The Kier molecular flexibility index (Phi) is 6.65. The van der Waals surface area contributed by atoms with Gasteiger partial charge in [0.1, 0.15) is 5.69 Å². The summed E-state index contributed by atoms with van der Waals surface area (Å²) in [6, 6.07) is 4.79. The lowest BCUT2D eigenvalue weighted by Gasteiger charge is -2.13. The van der Waals surface area contributed by atoms with E-state index in [1.54, 1.807) is 12.1 Å². The Morgan fingerprint density at radius 1 is 1.12 bits per heavy atom. The first-order chi connectivity index (χ1) is 15.6. The lowest BCUT2D eigenvalue weighted by atomic mass is 10.1. The summed E-state index contributed by atoms with van der Waals surface area (Å²) >= 11 is 0. The second-order valence-corrected chi connectivity index (χ2v) is 6.72. The van der Waals surface area contributed by atoms with Gasteiger partial charge in [-0.1, -0.05) is 0 Å². The van der Waals surface area contributed by atoms with Crippen LogP contribution in [0, 0.1) is 0 Å². The van der Waals surface area contributed by atoms with Gasteiger partial charge in [-0.25, -0.2) is 9.48 Å². The van der Waals surface area contributed by atoms with Crippen LogP contribution in [-0.2, 0) is 19.8 Å².